The predicted octanol–water partition coefficient (Wildman–Crippen LogP) is 2.53. The van der Waals surface area contributed by atoms with Gasteiger partial charge in [-0.2, -0.15) is 0 Å². The molecular formula is C14H17FN4. The molecule has 0 atom stereocenters. The fraction of sp³-hybridized carbons (Fsp3) is 0.214. The van der Waals surface area contributed by atoms with Gasteiger partial charge in [0.05, 0.1) is 5.69 Å². The Labute approximate surface area is 112 Å². The molecule has 0 aliphatic rings. The number of hydrazine groups is 1. The summed E-state index contributed by atoms with van der Waals surface area (Å²) in [6.45, 7) is 3.32. The summed E-state index contributed by atoms with van der Waals surface area (Å²) in [5.74, 6) is 5.72. The number of aromatic nitrogens is 1. The van der Waals surface area contributed by atoms with Crippen molar-refractivity contribution in [3.05, 3.63) is 54.0 Å². The SMILES string of the molecule is CCN(Cc1ccnc(NN)c1)c1ccccc1F. The standard InChI is InChI=1S/C14H17FN4/c1-2-19(13-6-4-3-5-12(13)15)10-11-7-8-17-14(9-11)18-16/h3-9H,2,10,16H2,1H3,(H,17,18). The Hall–Kier alpha value is -2.14. The summed E-state index contributed by atoms with van der Waals surface area (Å²) in [6.07, 6.45) is 1.68. The third-order valence-electron chi connectivity index (χ3n) is 2.92. The van der Waals surface area contributed by atoms with Crippen LogP contribution in [0.2, 0.25) is 0 Å². The quantitative estimate of drug-likeness (QED) is 0.640. The molecule has 4 nitrogen and oxygen atoms in total. The normalized spacial score (nSPS) is 10.3. The Bertz CT molecular complexity index is 544. The van der Waals surface area contributed by atoms with Gasteiger partial charge in [-0.3, -0.25) is 0 Å². The summed E-state index contributed by atoms with van der Waals surface area (Å²) in [7, 11) is 0. The van der Waals surface area contributed by atoms with E-state index in [9.17, 15) is 4.39 Å². The van der Waals surface area contributed by atoms with Crippen molar-refractivity contribution in [2.75, 3.05) is 16.9 Å². The van der Waals surface area contributed by atoms with Crippen molar-refractivity contribution in [2.45, 2.75) is 13.5 Å². The minimum atomic E-state index is -0.212. The van der Waals surface area contributed by atoms with Crippen LogP contribution in [0.4, 0.5) is 15.9 Å². The first-order valence-electron chi connectivity index (χ1n) is 6.15. The van der Waals surface area contributed by atoms with Gasteiger partial charge >= 0.3 is 0 Å². The molecule has 2 aromatic rings. The van der Waals surface area contributed by atoms with Crippen LogP contribution in [0.5, 0.6) is 0 Å². The van der Waals surface area contributed by atoms with Gasteiger partial charge in [-0.1, -0.05) is 12.1 Å². The topological polar surface area (TPSA) is 54.2 Å². The average molecular weight is 260 g/mol. The Balaban J connectivity index is 2.21. The molecule has 0 bridgehead atoms. The van der Waals surface area contributed by atoms with Crippen molar-refractivity contribution in [3.8, 4) is 0 Å². The Kier molecular flexibility index (Phi) is 4.30. The van der Waals surface area contributed by atoms with Crippen molar-refractivity contribution >= 4 is 11.5 Å². The molecule has 1 aromatic carbocycles. The number of halogens is 1. The molecule has 0 fully saturated rings. The van der Waals surface area contributed by atoms with Gasteiger partial charge in [0.1, 0.15) is 11.6 Å². The monoisotopic (exact) mass is 260 g/mol. The van der Waals surface area contributed by atoms with Gasteiger partial charge in [-0.15, -0.1) is 0 Å². The number of nitrogens with one attached hydrogen (secondary N) is 1. The van der Waals surface area contributed by atoms with E-state index in [0.29, 0.717) is 24.6 Å². The zero-order valence-corrected chi connectivity index (χ0v) is 10.8. The Morgan fingerprint density at radius 2 is 2.11 bits per heavy atom. The number of hydrogen-bond donors (Lipinski definition) is 2. The molecule has 0 unspecified atom stereocenters. The van der Waals surface area contributed by atoms with Crippen LogP contribution in [-0.4, -0.2) is 11.5 Å². The lowest BCUT2D eigenvalue weighted by molar-refractivity contribution is 0.618. The highest BCUT2D eigenvalue weighted by Crippen LogP contribution is 2.21. The van der Waals surface area contributed by atoms with Crippen LogP contribution in [0, 0.1) is 5.82 Å². The van der Waals surface area contributed by atoms with Crippen molar-refractivity contribution < 1.29 is 4.39 Å². The molecule has 0 radical (unpaired) electrons. The van der Waals surface area contributed by atoms with Crippen LogP contribution < -0.4 is 16.2 Å². The molecule has 2 rings (SSSR count). The van der Waals surface area contributed by atoms with E-state index in [1.165, 1.54) is 6.07 Å². The molecule has 0 spiro atoms. The van der Waals surface area contributed by atoms with Crippen LogP contribution in [0.1, 0.15) is 12.5 Å². The van der Waals surface area contributed by atoms with Gasteiger partial charge in [-0.05, 0) is 36.8 Å². The van der Waals surface area contributed by atoms with E-state index in [4.69, 9.17) is 5.84 Å². The summed E-state index contributed by atoms with van der Waals surface area (Å²) < 4.78 is 13.8. The molecule has 0 aliphatic heterocycles. The second-order valence-electron chi connectivity index (χ2n) is 4.16. The molecule has 1 aromatic heterocycles. The summed E-state index contributed by atoms with van der Waals surface area (Å²) in [4.78, 5) is 6.02. The summed E-state index contributed by atoms with van der Waals surface area (Å²) in [6, 6.07) is 10.5. The average Bonchev–Trinajstić information content (AvgIpc) is 2.46. The van der Waals surface area contributed by atoms with Gasteiger partial charge in [0.15, 0.2) is 0 Å². The lowest BCUT2D eigenvalue weighted by Crippen LogP contribution is -2.23. The number of nitrogens with two attached hydrogens (primary N) is 1. The number of nitrogens with zero attached hydrogens (tertiary/aromatic N) is 2. The largest absolute Gasteiger partial charge is 0.365 e. The molecule has 19 heavy (non-hydrogen) atoms. The van der Waals surface area contributed by atoms with Crippen molar-refractivity contribution in [2.24, 2.45) is 5.84 Å². The molecule has 0 amide bonds. The number of hydrogen-bond acceptors (Lipinski definition) is 4. The molecule has 0 aliphatic carbocycles. The third kappa shape index (κ3) is 3.20. The third-order valence-corrected chi connectivity index (χ3v) is 2.92. The Morgan fingerprint density at radius 3 is 2.79 bits per heavy atom. The first-order valence-corrected chi connectivity index (χ1v) is 6.15. The Morgan fingerprint density at radius 1 is 1.32 bits per heavy atom. The lowest BCUT2D eigenvalue weighted by Gasteiger charge is -2.23. The lowest BCUT2D eigenvalue weighted by atomic mass is 10.2. The van der Waals surface area contributed by atoms with Crippen LogP contribution >= 0.6 is 0 Å². The smallest absolute Gasteiger partial charge is 0.146 e. The minimum absolute atomic E-state index is 0.212. The molecule has 1 heterocycles. The number of para-hydroxylation sites is 1. The first-order chi connectivity index (χ1) is 9.24. The number of pyridine rings is 1. The van der Waals surface area contributed by atoms with Crippen LogP contribution in [0.3, 0.4) is 0 Å². The van der Waals surface area contributed by atoms with Gasteiger partial charge < -0.3 is 10.3 Å². The van der Waals surface area contributed by atoms with E-state index < -0.39 is 0 Å². The summed E-state index contributed by atoms with van der Waals surface area (Å²) in [5, 5.41) is 0. The number of rotatable bonds is 5. The van der Waals surface area contributed by atoms with E-state index in [2.05, 4.69) is 10.4 Å². The zero-order chi connectivity index (χ0) is 13.7. The molecule has 3 N–H and O–H groups in total. The van der Waals surface area contributed by atoms with Crippen LogP contribution in [0.25, 0.3) is 0 Å². The van der Waals surface area contributed by atoms with Gasteiger partial charge in [0, 0.05) is 19.3 Å². The van der Waals surface area contributed by atoms with E-state index in [1.54, 1.807) is 18.3 Å². The maximum absolute atomic E-state index is 13.8. The van der Waals surface area contributed by atoms with E-state index in [0.717, 1.165) is 5.56 Å². The van der Waals surface area contributed by atoms with E-state index in [1.807, 2.05) is 30.0 Å². The molecule has 0 saturated heterocycles. The number of nitrogen functional groups attached to an aromatic ring is 1. The van der Waals surface area contributed by atoms with E-state index >= 15 is 0 Å². The molecule has 0 saturated carbocycles. The highest BCUT2D eigenvalue weighted by molar-refractivity contribution is 5.48. The second kappa shape index (κ2) is 6.15. The summed E-state index contributed by atoms with van der Waals surface area (Å²) in [5.41, 5.74) is 4.13. The molecular weight excluding hydrogens is 243 g/mol. The second-order valence-corrected chi connectivity index (χ2v) is 4.16. The van der Waals surface area contributed by atoms with Crippen molar-refractivity contribution in [1.82, 2.24) is 4.98 Å². The fourth-order valence-corrected chi connectivity index (χ4v) is 1.95. The maximum Gasteiger partial charge on any atom is 0.146 e. The van der Waals surface area contributed by atoms with Crippen LogP contribution in [-0.2, 0) is 6.54 Å². The highest BCUT2D eigenvalue weighted by Gasteiger charge is 2.10. The van der Waals surface area contributed by atoms with Crippen molar-refractivity contribution in [3.63, 3.8) is 0 Å². The maximum atomic E-state index is 13.8. The molecule has 100 valence electrons. The van der Waals surface area contributed by atoms with Crippen molar-refractivity contribution in [1.29, 1.82) is 0 Å². The zero-order valence-electron chi connectivity index (χ0n) is 10.8. The number of anilines is 2. The van der Waals surface area contributed by atoms with Gasteiger partial charge in [-0.25, -0.2) is 15.2 Å². The number of benzene rings is 1. The summed E-state index contributed by atoms with van der Waals surface area (Å²) >= 11 is 0. The minimum Gasteiger partial charge on any atom is -0.365 e. The molecule has 5 heteroatoms. The van der Waals surface area contributed by atoms with Gasteiger partial charge in [0.2, 0.25) is 0 Å². The van der Waals surface area contributed by atoms with Crippen LogP contribution in [0.15, 0.2) is 42.6 Å². The predicted molar refractivity (Wildman–Crippen MR) is 75.2 cm³/mol. The highest BCUT2D eigenvalue weighted by atomic mass is 19.1. The first kappa shape index (κ1) is 13.3. The van der Waals surface area contributed by atoms with Gasteiger partial charge in [0.25, 0.3) is 0 Å². The fourth-order valence-electron chi connectivity index (χ4n) is 1.95. The van der Waals surface area contributed by atoms with E-state index in [-0.39, 0.29) is 5.82 Å².